The van der Waals surface area contributed by atoms with Crippen LogP contribution in [-0.2, 0) is 57.5 Å². The molecule has 0 radical (unpaired) electrons. The molecule has 0 saturated carbocycles. The van der Waals surface area contributed by atoms with Crippen LogP contribution in [0.4, 0.5) is 0 Å². The van der Waals surface area contributed by atoms with E-state index < -0.39 is 157 Å². The summed E-state index contributed by atoms with van der Waals surface area (Å²) in [5.74, 6) is -15.8. The third-order valence-corrected chi connectivity index (χ3v) is 10.1. The SMILES string of the molecule is CSCC[C@H](NC(=O)CNC(=O)[C@H](CC(=O)O)NC(=O)[C@H](CC(=O)O)NC(=O)[C@@H](NC(=O)[C@@H](N)CC(C)C)C(C)C)C(=O)N[C@H](C(=O)N[C@@H](CC(=O)O)C(=O)N[C@@H](CS)C(=O)O)C(C)C. The Labute approximate surface area is 384 Å². The highest BCUT2D eigenvalue weighted by Gasteiger charge is 2.36. The van der Waals surface area contributed by atoms with Gasteiger partial charge < -0.3 is 68.7 Å². The summed E-state index contributed by atoms with van der Waals surface area (Å²) in [5.41, 5.74) is 5.93. The molecule has 0 spiro atoms. The molecule has 8 amide bonds. The number of hydrogen-bond acceptors (Lipinski definition) is 15. The highest BCUT2D eigenvalue weighted by atomic mass is 32.2. The first-order valence-corrected chi connectivity index (χ1v) is 22.3. The summed E-state index contributed by atoms with van der Waals surface area (Å²) in [7, 11) is 0. The van der Waals surface area contributed by atoms with Crippen LogP contribution in [0.15, 0.2) is 0 Å². The van der Waals surface area contributed by atoms with Crippen molar-refractivity contribution in [1.82, 2.24) is 42.5 Å². The monoisotopic (exact) mass is 965 g/mol. The van der Waals surface area contributed by atoms with Crippen molar-refractivity contribution in [2.24, 2.45) is 23.5 Å². The summed E-state index contributed by atoms with van der Waals surface area (Å²) in [6, 6.07) is -12.2. The van der Waals surface area contributed by atoms with E-state index in [0.717, 1.165) is 0 Å². The zero-order valence-electron chi connectivity index (χ0n) is 37.1. The molecule has 0 aliphatic heterocycles. The standard InChI is InChI=1S/C38H63N9O16S2/c1-16(2)10-19(39)31(55)46-29(17(3)4)36(60)43-22(12-27(51)52)34(58)42-21(11-26(49)50)32(56)40-14-25(48)41-20(8-9-65-7)33(57)47-30(18(5)6)37(61)44-23(13-28(53)54)35(59)45-24(15-64)38(62)63/h16-24,29-30,64H,8-15,39H2,1-7H3,(H,40,56)(H,41,48)(H,42,58)(H,43,60)(H,44,61)(H,45,59)(H,46,55)(H,47,57)(H,49,50)(H,51,52)(H,53,54)(H,62,63)/t19-,20-,21-,22-,23-,24-,29-,30-/m0/s1. The van der Waals surface area contributed by atoms with Crippen LogP contribution in [-0.4, -0.2) is 164 Å². The zero-order valence-corrected chi connectivity index (χ0v) is 38.8. The third kappa shape index (κ3) is 23.2. The molecule has 368 valence electrons. The van der Waals surface area contributed by atoms with Gasteiger partial charge in [0.25, 0.3) is 0 Å². The van der Waals surface area contributed by atoms with Crippen LogP contribution in [0.2, 0.25) is 0 Å². The summed E-state index contributed by atoms with van der Waals surface area (Å²) < 4.78 is 0. The molecular formula is C38H63N9O16S2. The Bertz CT molecular complexity index is 1730. The normalized spacial score (nSPS) is 14.8. The van der Waals surface area contributed by atoms with Crippen LogP contribution in [0, 0.1) is 17.8 Å². The van der Waals surface area contributed by atoms with Gasteiger partial charge in [-0.25, -0.2) is 4.79 Å². The lowest BCUT2D eigenvalue weighted by atomic mass is 10.00. The molecule has 0 rings (SSSR count). The van der Waals surface area contributed by atoms with Crippen molar-refractivity contribution in [2.75, 3.05) is 24.3 Å². The molecule has 0 aromatic rings. The molecule has 25 nitrogen and oxygen atoms in total. The molecule has 27 heteroatoms. The van der Waals surface area contributed by atoms with Crippen LogP contribution in [0.3, 0.4) is 0 Å². The van der Waals surface area contributed by atoms with Crippen molar-refractivity contribution < 1.29 is 78.0 Å². The van der Waals surface area contributed by atoms with Crippen LogP contribution in [0.25, 0.3) is 0 Å². The summed E-state index contributed by atoms with van der Waals surface area (Å²) in [4.78, 5) is 151. The number of carbonyl (C=O) groups is 12. The Balaban J connectivity index is 6.08. The van der Waals surface area contributed by atoms with Crippen LogP contribution in [0.1, 0.15) is 73.6 Å². The Hall–Kier alpha value is -5.70. The molecular weight excluding hydrogens is 903 g/mol. The Kier molecular flexibility index (Phi) is 27.1. The minimum Gasteiger partial charge on any atom is -0.481 e. The van der Waals surface area contributed by atoms with Gasteiger partial charge in [0, 0.05) is 5.75 Å². The van der Waals surface area contributed by atoms with Gasteiger partial charge in [-0.05, 0) is 42.6 Å². The van der Waals surface area contributed by atoms with Gasteiger partial charge in [0.1, 0.15) is 42.3 Å². The second kappa shape index (κ2) is 29.7. The summed E-state index contributed by atoms with van der Waals surface area (Å²) in [5, 5.41) is 55.5. The number of nitrogens with one attached hydrogen (secondary N) is 8. The molecule has 0 aromatic carbocycles. The van der Waals surface area contributed by atoms with Crippen molar-refractivity contribution in [3.63, 3.8) is 0 Å². The number of thiol groups is 1. The van der Waals surface area contributed by atoms with Crippen molar-refractivity contribution in [3.8, 4) is 0 Å². The molecule has 0 fully saturated rings. The van der Waals surface area contributed by atoms with Gasteiger partial charge in [0.2, 0.25) is 47.3 Å². The minimum absolute atomic E-state index is 0.0377. The fourth-order valence-corrected chi connectivity index (χ4v) is 6.36. The number of carboxylic acids is 4. The predicted octanol–water partition coefficient (Wildman–Crippen LogP) is -3.63. The Morgan fingerprint density at radius 3 is 1.28 bits per heavy atom. The van der Waals surface area contributed by atoms with E-state index in [1.807, 2.05) is 13.8 Å². The third-order valence-electron chi connectivity index (χ3n) is 9.07. The van der Waals surface area contributed by atoms with E-state index in [1.165, 1.54) is 25.6 Å². The number of nitrogens with two attached hydrogens (primary N) is 1. The number of aliphatic carboxylic acids is 4. The maximum absolute atomic E-state index is 13.5. The topological polar surface area (TPSA) is 408 Å². The first-order valence-electron chi connectivity index (χ1n) is 20.3. The van der Waals surface area contributed by atoms with Crippen molar-refractivity contribution in [2.45, 2.75) is 122 Å². The molecule has 65 heavy (non-hydrogen) atoms. The second-order valence-electron chi connectivity index (χ2n) is 15.9. The number of carbonyl (C=O) groups excluding carboxylic acids is 8. The molecule has 0 aliphatic rings. The number of thioether (sulfide) groups is 1. The number of carboxylic acid groups (broad SMARTS) is 4. The lowest BCUT2D eigenvalue weighted by Gasteiger charge is -2.27. The highest BCUT2D eigenvalue weighted by molar-refractivity contribution is 7.98. The summed E-state index contributed by atoms with van der Waals surface area (Å²) in [6.45, 7) is 8.88. The average molecular weight is 966 g/mol. The maximum atomic E-state index is 13.5. The lowest BCUT2D eigenvalue weighted by molar-refractivity contribution is -0.143. The van der Waals surface area contributed by atoms with Crippen LogP contribution >= 0.6 is 24.4 Å². The van der Waals surface area contributed by atoms with E-state index in [-0.39, 0.29) is 30.3 Å². The zero-order chi connectivity index (χ0) is 50.3. The fraction of sp³-hybridized carbons (Fsp3) is 0.684. The van der Waals surface area contributed by atoms with Crippen LogP contribution < -0.4 is 48.3 Å². The molecule has 0 saturated heterocycles. The molecule has 0 aromatic heterocycles. The van der Waals surface area contributed by atoms with Crippen molar-refractivity contribution >= 4 is 95.5 Å². The summed E-state index contributed by atoms with van der Waals surface area (Å²) >= 11 is 5.11. The van der Waals surface area contributed by atoms with Gasteiger partial charge in [0.05, 0.1) is 31.8 Å². The van der Waals surface area contributed by atoms with Crippen molar-refractivity contribution in [1.29, 1.82) is 0 Å². The van der Waals surface area contributed by atoms with Gasteiger partial charge in [0.15, 0.2) is 0 Å². The molecule has 0 unspecified atom stereocenters. The minimum atomic E-state index is -1.93. The van der Waals surface area contributed by atoms with E-state index in [0.29, 0.717) is 0 Å². The number of amides is 8. The fourth-order valence-electron chi connectivity index (χ4n) is 5.64. The molecule has 0 bridgehead atoms. The first-order chi connectivity index (χ1) is 30.1. The molecule has 0 heterocycles. The Morgan fingerprint density at radius 2 is 0.908 bits per heavy atom. The van der Waals surface area contributed by atoms with Crippen LogP contribution in [0.5, 0.6) is 0 Å². The average Bonchev–Trinajstić information content (AvgIpc) is 3.18. The van der Waals surface area contributed by atoms with Gasteiger partial charge in [-0.1, -0.05) is 41.5 Å². The van der Waals surface area contributed by atoms with E-state index >= 15 is 0 Å². The smallest absolute Gasteiger partial charge is 0.327 e. The molecule has 8 atom stereocenters. The molecule has 0 aliphatic carbocycles. The largest absolute Gasteiger partial charge is 0.481 e. The quantitative estimate of drug-likeness (QED) is 0.0298. The van der Waals surface area contributed by atoms with Gasteiger partial charge in [-0.15, -0.1) is 0 Å². The van der Waals surface area contributed by atoms with E-state index in [4.69, 9.17) is 5.73 Å². The van der Waals surface area contributed by atoms with Gasteiger partial charge >= 0.3 is 23.9 Å². The second-order valence-corrected chi connectivity index (χ2v) is 17.2. The van der Waals surface area contributed by atoms with E-state index in [2.05, 4.69) is 55.2 Å². The van der Waals surface area contributed by atoms with Gasteiger partial charge in [-0.2, -0.15) is 24.4 Å². The van der Waals surface area contributed by atoms with Crippen molar-refractivity contribution in [3.05, 3.63) is 0 Å². The van der Waals surface area contributed by atoms with E-state index in [9.17, 15) is 78.0 Å². The number of hydrogen-bond donors (Lipinski definition) is 14. The van der Waals surface area contributed by atoms with E-state index in [1.54, 1.807) is 20.1 Å². The first kappa shape index (κ1) is 59.3. The predicted molar refractivity (Wildman–Crippen MR) is 235 cm³/mol. The molecule has 14 N–H and O–H groups in total. The summed E-state index contributed by atoms with van der Waals surface area (Å²) in [6.07, 6.45) is -1.14. The maximum Gasteiger partial charge on any atom is 0.327 e. The van der Waals surface area contributed by atoms with Gasteiger partial charge in [-0.3, -0.25) is 52.7 Å². The highest BCUT2D eigenvalue weighted by Crippen LogP contribution is 2.10. The Morgan fingerprint density at radius 1 is 0.523 bits per heavy atom. The lowest BCUT2D eigenvalue weighted by Crippen LogP contribution is -2.60. The number of rotatable bonds is 31.